The molecule has 0 bridgehead atoms. The fourth-order valence-electron chi connectivity index (χ4n) is 3.35. The minimum atomic E-state index is -0.613. The third-order valence-electron chi connectivity index (χ3n) is 4.58. The van der Waals surface area contributed by atoms with Gasteiger partial charge in [-0.25, -0.2) is 9.18 Å². The van der Waals surface area contributed by atoms with E-state index in [1.54, 1.807) is 30.0 Å². The number of fused-ring (bicyclic) bond motifs is 3. The SMILES string of the molecule is CCOC(=O)N1CCc2c(sc3c2C(=O)N[C@H](c2ccccc2F)N3)C1. The van der Waals surface area contributed by atoms with Crippen LogP contribution in [0.15, 0.2) is 24.3 Å². The Bertz CT molecular complexity index is 883. The standard InChI is InChI=1S/C18H18FN3O3S/c1-2-25-18(24)22-8-7-11-13(9-22)26-17-14(11)16(23)20-15(21-17)10-5-3-4-6-12(10)19/h3-6,15,21H,2,7-9H2,1H3,(H,20,23)/t15-/m0/s1. The van der Waals surface area contributed by atoms with Gasteiger partial charge in [0.05, 0.1) is 18.7 Å². The van der Waals surface area contributed by atoms with Crippen molar-refractivity contribution in [3.05, 3.63) is 51.7 Å². The number of hydrogen-bond donors (Lipinski definition) is 2. The number of carbonyl (C=O) groups is 2. The third kappa shape index (κ3) is 2.80. The Hall–Kier alpha value is -2.61. The Labute approximate surface area is 153 Å². The van der Waals surface area contributed by atoms with E-state index in [-0.39, 0.29) is 17.8 Å². The first-order chi connectivity index (χ1) is 12.6. The van der Waals surface area contributed by atoms with E-state index in [0.29, 0.717) is 37.2 Å². The molecule has 0 fully saturated rings. The number of benzene rings is 1. The molecule has 0 saturated heterocycles. The van der Waals surface area contributed by atoms with Gasteiger partial charge in [-0.1, -0.05) is 18.2 Å². The van der Waals surface area contributed by atoms with Crippen LogP contribution in [0.5, 0.6) is 0 Å². The fraction of sp³-hybridized carbons (Fsp3) is 0.333. The van der Waals surface area contributed by atoms with Crippen molar-refractivity contribution in [1.29, 1.82) is 0 Å². The summed E-state index contributed by atoms with van der Waals surface area (Å²) >= 11 is 1.44. The van der Waals surface area contributed by atoms with Crippen molar-refractivity contribution in [2.45, 2.75) is 26.1 Å². The van der Waals surface area contributed by atoms with Crippen molar-refractivity contribution >= 4 is 28.3 Å². The molecule has 2 aromatic rings. The van der Waals surface area contributed by atoms with Crippen LogP contribution in [-0.2, 0) is 17.7 Å². The van der Waals surface area contributed by atoms with E-state index in [1.165, 1.54) is 17.4 Å². The first kappa shape index (κ1) is 16.8. The highest BCUT2D eigenvalue weighted by Crippen LogP contribution is 2.41. The van der Waals surface area contributed by atoms with Crippen LogP contribution >= 0.6 is 11.3 Å². The van der Waals surface area contributed by atoms with Crippen molar-refractivity contribution in [2.75, 3.05) is 18.5 Å². The molecule has 4 rings (SSSR count). The molecule has 0 unspecified atom stereocenters. The summed E-state index contributed by atoms with van der Waals surface area (Å²) in [5.74, 6) is -0.586. The van der Waals surface area contributed by atoms with Crippen molar-refractivity contribution in [3.8, 4) is 0 Å². The summed E-state index contributed by atoms with van der Waals surface area (Å²) in [5.41, 5.74) is 1.97. The molecule has 2 aliphatic heterocycles. The minimum absolute atomic E-state index is 0.214. The molecular weight excluding hydrogens is 357 g/mol. The van der Waals surface area contributed by atoms with E-state index in [4.69, 9.17) is 4.74 Å². The molecule has 1 aromatic heterocycles. The van der Waals surface area contributed by atoms with Gasteiger partial charge in [0.2, 0.25) is 0 Å². The summed E-state index contributed by atoms with van der Waals surface area (Å²) < 4.78 is 19.1. The number of anilines is 1. The first-order valence-electron chi connectivity index (χ1n) is 8.46. The maximum Gasteiger partial charge on any atom is 0.410 e. The fourth-order valence-corrected chi connectivity index (χ4v) is 4.64. The Morgan fingerprint density at radius 1 is 1.38 bits per heavy atom. The van der Waals surface area contributed by atoms with Gasteiger partial charge in [0, 0.05) is 17.0 Å². The first-order valence-corrected chi connectivity index (χ1v) is 9.28. The van der Waals surface area contributed by atoms with Gasteiger partial charge in [-0.15, -0.1) is 11.3 Å². The Morgan fingerprint density at radius 3 is 2.96 bits per heavy atom. The molecule has 26 heavy (non-hydrogen) atoms. The second-order valence-electron chi connectivity index (χ2n) is 6.15. The Balaban J connectivity index is 1.62. The Morgan fingerprint density at radius 2 is 2.19 bits per heavy atom. The van der Waals surface area contributed by atoms with Crippen LogP contribution in [0.25, 0.3) is 0 Å². The maximum absolute atomic E-state index is 14.1. The molecular formula is C18H18FN3O3S. The topological polar surface area (TPSA) is 70.7 Å². The van der Waals surface area contributed by atoms with Crippen LogP contribution in [0, 0.1) is 5.82 Å². The average Bonchev–Trinajstić information content (AvgIpc) is 3.00. The van der Waals surface area contributed by atoms with Crippen LogP contribution in [-0.4, -0.2) is 30.1 Å². The second kappa shape index (κ2) is 6.60. The van der Waals surface area contributed by atoms with E-state index in [2.05, 4.69) is 10.6 Å². The van der Waals surface area contributed by atoms with Crippen LogP contribution in [0.3, 0.4) is 0 Å². The number of amides is 2. The summed E-state index contributed by atoms with van der Waals surface area (Å²) in [4.78, 5) is 27.2. The van der Waals surface area contributed by atoms with E-state index < -0.39 is 6.17 Å². The molecule has 8 heteroatoms. The summed E-state index contributed by atoms with van der Waals surface area (Å²) in [6.45, 7) is 3.04. The highest BCUT2D eigenvalue weighted by Gasteiger charge is 2.35. The van der Waals surface area contributed by atoms with Gasteiger partial charge >= 0.3 is 6.09 Å². The maximum atomic E-state index is 14.1. The predicted molar refractivity (Wildman–Crippen MR) is 95.7 cm³/mol. The van der Waals surface area contributed by atoms with Crippen molar-refractivity contribution in [2.24, 2.45) is 0 Å². The van der Waals surface area contributed by atoms with E-state index in [1.807, 2.05) is 0 Å². The second-order valence-corrected chi connectivity index (χ2v) is 7.26. The largest absolute Gasteiger partial charge is 0.450 e. The highest BCUT2D eigenvalue weighted by atomic mass is 32.1. The lowest BCUT2D eigenvalue weighted by molar-refractivity contribution is 0.0933. The number of nitrogens with one attached hydrogen (secondary N) is 2. The molecule has 0 aliphatic carbocycles. The van der Waals surface area contributed by atoms with Gasteiger partial charge in [-0.05, 0) is 25.0 Å². The summed E-state index contributed by atoms with van der Waals surface area (Å²) in [6, 6.07) is 6.37. The highest BCUT2D eigenvalue weighted by molar-refractivity contribution is 7.16. The van der Waals surface area contributed by atoms with E-state index in [0.717, 1.165) is 15.4 Å². The number of nitrogens with zero attached hydrogens (tertiary/aromatic N) is 1. The summed E-state index contributed by atoms with van der Waals surface area (Å²) in [6.07, 6.45) is -0.358. The molecule has 6 nitrogen and oxygen atoms in total. The normalized spacial score (nSPS) is 18.5. The van der Waals surface area contributed by atoms with Crippen LogP contribution in [0.4, 0.5) is 14.2 Å². The molecule has 1 aromatic carbocycles. The number of ether oxygens (including phenoxy) is 1. The zero-order valence-electron chi connectivity index (χ0n) is 14.2. The van der Waals surface area contributed by atoms with Crippen LogP contribution < -0.4 is 10.6 Å². The molecule has 136 valence electrons. The van der Waals surface area contributed by atoms with Crippen molar-refractivity contribution in [3.63, 3.8) is 0 Å². The smallest absolute Gasteiger partial charge is 0.410 e. The number of hydrogen-bond acceptors (Lipinski definition) is 5. The van der Waals surface area contributed by atoms with Gasteiger partial charge in [0.1, 0.15) is 17.0 Å². The molecule has 3 heterocycles. The molecule has 2 amide bonds. The zero-order valence-corrected chi connectivity index (χ0v) is 15.0. The van der Waals surface area contributed by atoms with Crippen LogP contribution in [0.1, 0.15) is 39.5 Å². The molecule has 0 radical (unpaired) electrons. The molecule has 1 atom stereocenters. The molecule has 0 saturated carbocycles. The monoisotopic (exact) mass is 375 g/mol. The lowest BCUT2D eigenvalue weighted by Crippen LogP contribution is -2.40. The van der Waals surface area contributed by atoms with Gasteiger partial charge in [-0.2, -0.15) is 0 Å². The zero-order chi connectivity index (χ0) is 18.3. The summed E-state index contributed by atoms with van der Waals surface area (Å²) in [5, 5.41) is 6.77. The van der Waals surface area contributed by atoms with Gasteiger partial charge < -0.3 is 20.3 Å². The average molecular weight is 375 g/mol. The third-order valence-corrected chi connectivity index (χ3v) is 5.73. The predicted octanol–water partition coefficient (Wildman–Crippen LogP) is 3.26. The number of halogens is 1. The summed E-state index contributed by atoms with van der Waals surface area (Å²) in [7, 11) is 0. The molecule has 2 N–H and O–H groups in total. The van der Waals surface area contributed by atoms with Gasteiger partial charge in [0.15, 0.2) is 0 Å². The number of rotatable bonds is 2. The van der Waals surface area contributed by atoms with Crippen LogP contribution in [0.2, 0.25) is 0 Å². The van der Waals surface area contributed by atoms with Crippen molar-refractivity contribution in [1.82, 2.24) is 10.2 Å². The number of thiophene rings is 1. The van der Waals surface area contributed by atoms with Crippen molar-refractivity contribution < 1.29 is 18.7 Å². The minimum Gasteiger partial charge on any atom is -0.450 e. The quantitative estimate of drug-likeness (QED) is 0.845. The van der Waals surface area contributed by atoms with Gasteiger partial charge in [0.25, 0.3) is 5.91 Å². The Kier molecular flexibility index (Phi) is 4.28. The number of carbonyl (C=O) groups excluding carboxylic acids is 2. The van der Waals surface area contributed by atoms with E-state index in [9.17, 15) is 14.0 Å². The molecule has 2 aliphatic rings. The lowest BCUT2D eigenvalue weighted by Gasteiger charge is -2.28. The lowest BCUT2D eigenvalue weighted by atomic mass is 10.0. The molecule has 0 spiro atoms. The van der Waals surface area contributed by atoms with Gasteiger partial charge in [-0.3, -0.25) is 4.79 Å². The van der Waals surface area contributed by atoms with E-state index >= 15 is 0 Å².